The van der Waals surface area contributed by atoms with E-state index in [0.717, 1.165) is 5.56 Å². The number of nitrogen functional groups attached to an aromatic ring is 1. The van der Waals surface area contributed by atoms with E-state index in [2.05, 4.69) is 0 Å². The van der Waals surface area contributed by atoms with Crippen LogP contribution in [0.25, 0.3) is 0 Å². The molecule has 0 heterocycles. The highest BCUT2D eigenvalue weighted by molar-refractivity contribution is 5.76. The van der Waals surface area contributed by atoms with Crippen molar-refractivity contribution in [3.05, 3.63) is 69.8 Å². The fraction of sp³-hybridized carbons (Fsp3) is 0.133. The Balaban J connectivity index is 2.22. The number of carboxylic acids is 1. The highest BCUT2D eigenvalue weighted by Gasteiger charge is 2.20. The van der Waals surface area contributed by atoms with Crippen molar-refractivity contribution >= 4 is 17.3 Å². The number of non-ortho nitro benzene ring substituents is 1. The molecule has 6 nitrogen and oxygen atoms in total. The molecule has 0 saturated carbocycles. The van der Waals surface area contributed by atoms with E-state index in [1.54, 1.807) is 36.4 Å². The van der Waals surface area contributed by atoms with Gasteiger partial charge in [0.1, 0.15) is 0 Å². The summed E-state index contributed by atoms with van der Waals surface area (Å²) in [5.41, 5.74) is 7.52. The normalized spacial score (nSPS) is 11.8. The second kappa shape index (κ2) is 6.04. The number of benzene rings is 2. The summed E-state index contributed by atoms with van der Waals surface area (Å²) >= 11 is 0. The van der Waals surface area contributed by atoms with E-state index in [-0.39, 0.29) is 12.1 Å². The van der Waals surface area contributed by atoms with Gasteiger partial charge in [0.05, 0.1) is 10.8 Å². The molecule has 0 saturated heterocycles. The van der Waals surface area contributed by atoms with Gasteiger partial charge in [0, 0.05) is 17.8 Å². The molecule has 0 aliphatic heterocycles. The maximum atomic E-state index is 11.4. The monoisotopic (exact) mass is 286 g/mol. The van der Waals surface area contributed by atoms with Crippen LogP contribution in [-0.4, -0.2) is 16.0 Å². The Morgan fingerprint density at radius 3 is 2.19 bits per heavy atom. The van der Waals surface area contributed by atoms with Crippen molar-refractivity contribution in [2.75, 3.05) is 5.73 Å². The number of nitro groups is 1. The van der Waals surface area contributed by atoms with Crippen molar-refractivity contribution in [2.45, 2.75) is 12.3 Å². The van der Waals surface area contributed by atoms with Crippen LogP contribution >= 0.6 is 0 Å². The van der Waals surface area contributed by atoms with E-state index in [9.17, 15) is 20.0 Å². The summed E-state index contributed by atoms with van der Waals surface area (Å²) in [7, 11) is 0. The Bertz CT molecular complexity index is 650. The van der Waals surface area contributed by atoms with Gasteiger partial charge in [-0.05, 0) is 29.7 Å². The maximum absolute atomic E-state index is 11.4. The Kier molecular flexibility index (Phi) is 4.18. The lowest BCUT2D eigenvalue weighted by Gasteiger charge is -2.13. The number of hydrogen-bond acceptors (Lipinski definition) is 4. The first-order valence-electron chi connectivity index (χ1n) is 6.29. The van der Waals surface area contributed by atoms with Crippen molar-refractivity contribution in [2.24, 2.45) is 0 Å². The summed E-state index contributed by atoms with van der Waals surface area (Å²) in [6.45, 7) is 0. The van der Waals surface area contributed by atoms with E-state index >= 15 is 0 Å². The third-order valence-electron chi connectivity index (χ3n) is 3.22. The second-order valence-corrected chi connectivity index (χ2v) is 4.69. The average molecular weight is 286 g/mol. The van der Waals surface area contributed by atoms with Gasteiger partial charge in [-0.3, -0.25) is 14.9 Å². The predicted molar refractivity (Wildman–Crippen MR) is 78.0 cm³/mol. The summed E-state index contributed by atoms with van der Waals surface area (Å²) in [5.74, 6) is -1.66. The first-order valence-corrected chi connectivity index (χ1v) is 6.29. The third-order valence-corrected chi connectivity index (χ3v) is 3.22. The van der Waals surface area contributed by atoms with Gasteiger partial charge in [0.2, 0.25) is 0 Å². The van der Waals surface area contributed by atoms with Gasteiger partial charge < -0.3 is 10.8 Å². The van der Waals surface area contributed by atoms with E-state index in [1.807, 2.05) is 0 Å². The average Bonchev–Trinajstić information content (AvgIpc) is 2.46. The second-order valence-electron chi connectivity index (χ2n) is 4.69. The zero-order valence-electron chi connectivity index (χ0n) is 11.1. The van der Waals surface area contributed by atoms with Crippen LogP contribution in [0.15, 0.2) is 48.5 Å². The summed E-state index contributed by atoms with van der Waals surface area (Å²) in [4.78, 5) is 21.5. The van der Waals surface area contributed by atoms with Gasteiger partial charge in [0.25, 0.3) is 5.69 Å². The quantitative estimate of drug-likeness (QED) is 0.499. The summed E-state index contributed by atoms with van der Waals surface area (Å²) in [5, 5.41) is 20.0. The summed E-state index contributed by atoms with van der Waals surface area (Å²) in [6.07, 6.45) is 0.261. The minimum Gasteiger partial charge on any atom is -0.481 e. The van der Waals surface area contributed by atoms with Crippen LogP contribution in [0.2, 0.25) is 0 Å². The van der Waals surface area contributed by atoms with Crippen molar-refractivity contribution in [3.8, 4) is 0 Å². The van der Waals surface area contributed by atoms with Crippen molar-refractivity contribution < 1.29 is 14.8 Å². The first-order chi connectivity index (χ1) is 9.97. The number of hydrogen-bond donors (Lipinski definition) is 2. The molecule has 0 aromatic heterocycles. The first kappa shape index (κ1) is 14.5. The maximum Gasteiger partial charge on any atom is 0.311 e. The minimum atomic E-state index is -0.946. The van der Waals surface area contributed by atoms with Crippen LogP contribution in [0.1, 0.15) is 17.0 Å². The van der Waals surface area contributed by atoms with E-state index in [1.165, 1.54) is 12.1 Å². The molecule has 0 bridgehead atoms. The number of nitrogens with zero attached hydrogens (tertiary/aromatic N) is 1. The van der Waals surface area contributed by atoms with Gasteiger partial charge in [0.15, 0.2) is 0 Å². The SMILES string of the molecule is Nc1ccc(C(Cc2ccc([N+](=O)[O-])cc2)C(=O)O)cc1. The molecular weight excluding hydrogens is 272 g/mol. The van der Waals surface area contributed by atoms with Crippen LogP contribution in [0, 0.1) is 10.1 Å². The van der Waals surface area contributed by atoms with E-state index in [4.69, 9.17) is 5.73 Å². The number of aliphatic carboxylic acids is 1. The van der Waals surface area contributed by atoms with Crippen LogP contribution in [0.5, 0.6) is 0 Å². The lowest BCUT2D eigenvalue weighted by Crippen LogP contribution is -2.14. The number of carboxylic acid groups (broad SMARTS) is 1. The Morgan fingerprint density at radius 2 is 1.71 bits per heavy atom. The highest BCUT2D eigenvalue weighted by atomic mass is 16.6. The number of rotatable bonds is 5. The lowest BCUT2D eigenvalue weighted by molar-refractivity contribution is -0.384. The molecule has 1 unspecified atom stereocenters. The molecule has 2 aromatic rings. The Labute approximate surface area is 121 Å². The molecule has 0 aliphatic rings. The molecule has 0 amide bonds. The standard InChI is InChI=1S/C15H14N2O4/c16-12-5-3-11(4-6-12)14(15(18)19)9-10-1-7-13(8-2-10)17(20)21/h1-8,14H,9,16H2,(H,18,19). The summed E-state index contributed by atoms with van der Waals surface area (Å²) < 4.78 is 0. The number of nitrogens with two attached hydrogens (primary N) is 1. The highest BCUT2D eigenvalue weighted by Crippen LogP contribution is 2.23. The van der Waals surface area contributed by atoms with Crippen LogP contribution in [-0.2, 0) is 11.2 Å². The predicted octanol–water partition coefficient (Wildman–Crippen LogP) is 2.59. The number of nitro benzene ring substituents is 1. The molecule has 2 rings (SSSR count). The zero-order chi connectivity index (χ0) is 15.4. The van der Waals surface area contributed by atoms with Gasteiger partial charge in [-0.15, -0.1) is 0 Å². The molecule has 21 heavy (non-hydrogen) atoms. The van der Waals surface area contributed by atoms with Gasteiger partial charge in [-0.1, -0.05) is 24.3 Å². The fourth-order valence-corrected chi connectivity index (χ4v) is 2.07. The molecule has 0 spiro atoms. The molecule has 0 aliphatic carbocycles. The number of anilines is 1. The van der Waals surface area contributed by atoms with E-state index in [0.29, 0.717) is 11.3 Å². The molecule has 6 heteroatoms. The van der Waals surface area contributed by atoms with Crippen LogP contribution in [0.3, 0.4) is 0 Å². The molecule has 2 aromatic carbocycles. The van der Waals surface area contributed by atoms with Gasteiger partial charge in [-0.25, -0.2) is 0 Å². The van der Waals surface area contributed by atoms with E-state index < -0.39 is 16.8 Å². The van der Waals surface area contributed by atoms with Crippen molar-refractivity contribution in [1.29, 1.82) is 0 Å². The molecule has 108 valence electrons. The summed E-state index contributed by atoms with van der Waals surface area (Å²) in [6, 6.07) is 12.6. The molecule has 1 atom stereocenters. The topological polar surface area (TPSA) is 106 Å². The largest absolute Gasteiger partial charge is 0.481 e. The molecule has 0 radical (unpaired) electrons. The van der Waals surface area contributed by atoms with Crippen molar-refractivity contribution in [1.82, 2.24) is 0 Å². The molecular formula is C15H14N2O4. The fourth-order valence-electron chi connectivity index (χ4n) is 2.07. The van der Waals surface area contributed by atoms with Gasteiger partial charge in [-0.2, -0.15) is 0 Å². The lowest BCUT2D eigenvalue weighted by atomic mass is 9.92. The molecule has 0 fully saturated rings. The molecule has 3 N–H and O–H groups in total. The van der Waals surface area contributed by atoms with Gasteiger partial charge >= 0.3 is 5.97 Å². The number of carbonyl (C=O) groups is 1. The zero-order valence-corrected chi connectivity index (χ0v) is 11.1. The smallest absolute Gasteiger partial charge is 0.311 e. The Hall–Kier alpha value is -2.89. The minimum absolute atomic E-state index is 0.0156. The van der Waals surface area contributed by atoms with Crippen LogP contribution in [0.4, 0.5) is 11.4 Å². The van der Waals surface area contributed by atoms with Crippen LogP contribution < -0.4 is 5.73 Å². The van der Waals surface area contributed by atoms with Crippen molar-refractivity contribution in [3.63, 3.8) is 0 Å². The Morgan fingerprint density at radius 1 is 1.14 bits per heavy atom. The third kappa shape index (κ3) is 3.56.